The molecule has 0 aliphatic heterocycles. The second-order valence-corrected chi connectivity index (χ2v) is 2.04. The zero-order valence-electron chi connectivity index (χ0n) is 7.95. The lowest BCUT2D eigenvalue weighted by atomic mass is 10.5. The van der Waals surface area contributed by atoms with E-state index in [4.69, 9.17) is 10.2 Å². The predicted octanol–water partition coefficient (Wildman–Crippen LogP) is 0.413. The minimum absolute atomic E-state index is 0.0915. The molecule has 0 saturated carbocycles. The van der Waals surface area contributed by atoms with E-state index in [2.05, 4.69) is 4.74 Å². The van der Waals surface area contributed by atoms with Gasteiger partial charge < -0.3 is 14.9 Å². The maximum atomic E-state index is 10.2. The number of carbonyl (C=O) groups is 2. The fourth-order valence-corrected chi connectivity index (χ4v) is 0.262. The van der Waals surface area contributed by atoms with E-state index < -0.39 is 5.97 Å². The van der Waals surface area contributed by atoms with Crippen LogP contribution in [-0.2, 0) is 14.3 Å². The summed E-state index contributed by atoms with van der Waals surface area (Å²) in [7, 11) is 0. The number of aliphatic hydroxyl groups excluding tert-OH is 1. The molecule has 0 fully saturated rings. The molecule has 13 heavy (non-hydrogen) atoms. The lowest BCUT2D eigenvalue weighted by Gasteiger charge is -1.96. The summed E-state index contributed by atoms with van der Waals surface area (Å²) in [6.07, 6.45) is 0.597. The second-order valence-electron chi connectivity index (χ2n) is 2.04. The molecule has 0 radical (unpaired) electrons. The summed E-state index contributed by atoms with van der Waals surface area (Å²) in [5.74, 6) is -1.01. The van der Waals surface area contributed by atoms with Crippen molar-refractivity contribution >= 4 is 11.9 Å². The SMILES string of the molecule is CCC(=O)O.CCC(=O)OCCO. The molecule has 0 aromatic heterocycles. The van der Waals surface area contributed by atoms with Crippen LogP contribution in [0.4, 0.5) is 0 Å². The monoisotopic (exact) mass is 192 g/mol. The summed E-state index contributed by atoms with van der Waals surface area (Å²) < 4.78 is 4.45. The fraction of sp³-hybridized carbons (Fsp3) is 0.750. The number of ether oxygens (including phenoxy) is 1. The summed E-state index contributed by atoms with van der Waals surface area (Å²) in [4.78, 5) is 19.6. The summed E-state index contributed by atoms with van der Waals surface area (Å²) in [6.45, 7) is 3.33. The normalized spacial score (nSPS) is 8.23. The van der Waals surface area contributed by atoms with E-state index >= 15 is 0 Å². The van der Waals surface area contributed by atoms with Crippen LogP contribution in [0, 0.1) is 0 Å². The first kappa shape index (κ1) is 14.4. The van der Waals surface area contributed by atoms with Gasteiger partial charge in [0, 0.05) is 12.8 Å². The van der Waals surface area contributed by atoms with Crippen LogP contribution in [0.25, 0.3) is 0 Å². The molecule has 0 heterocycles. The van der Waals surface area contributed by atoms with Gasteiger partial charge in [-0.25, -0.2) is 0 Å². The highest BCUT2D eigenvalue weighted by Crippen LogP contribution is 1.81. The third kappa shape index (κ3) is 18.1. The quantitative estimate of drug-likeness (QED) is 0.630. The number of hydrogen-bond donors (Lipinski definition) is 2. The minimum atomic E-state index is -0.745. The van der Waals surface area contributed by atoms with E-state index in [1.807, 2.05) is 0 Å². The average Bonchev–Trinajstić information content (AvgIpc) is 2.15. The summed E-state index contributed by atoms with van der Waals surface area (Å²) in [5, 5.41) is 15.9. The molecule has 0 unspecified atom stereocenters. The number of rotatable bonds is 4. The molecule has 0 spiro atoms. The van der Waals surface area contributed by atoms with E-state index in [0.717, 1.165) is 0 Å². The van der Waals surface area contributed by atoms with Gasteiger partial charge >= 0.3 is 11.9 Å². The maximum absolute atomic E-state index is 10.2. The molecule has 0 aliphatic carbocycles. The van der Waals surface area contributed by atoms with Gasteiger partial charge in [0.05, 0.1) is 6.61 Å². The minimum Gasteiger partial charge on any atom is -0.481 e. The Balaban J connectivity index is 0. The Hall–Kier alpha value is -1.10. The van der Waals surface area contributed by atoms with Gasteiger partial charge in [0.2, 0.25) is 0 Å². The van der Waals surface area contributed by atoms with E-state index in [1.165, 1.54) is 0 Å². The Morgan fingerprint density at radius 1 is 1.23 bits per heavy atom. The lowest BCUT2D eigenvalue weighted by Crippen LogP contribution is -2.06. The molecule has 0 aromatic rings. The van der Waals surface area contributed by atoms with Crippen molar-refractivity contribution in [2.24, 2.45) is 0 Å². The predicted molar refractivity (Wildman–Crippen MR) is 46.3 cm³/mol. The molecule has 0 aromatic carbocycles. The van der Waals surface area contributed by atoms with Crippen LogP contribution in [0.2, 0.25) is 0 Å². The lowest BCUT2D eigenvalue weighted by molar-refractivity contribution is -0.144. The van der Waals surface area contributed by atoms with Crippen molar-refractivity contribution in [2.75, 3.05) is 13.2 Å². The molecule has 78 valence electrons. The van der Waals surface area contributed by atoms with Crippen LogP contribution >= 0.6 is 0 Å². The Morgan fingerprint density at radius 3 is 1.92 bits per heavy atom. The molecule has 2 N–H and O–H groups in total. The van der Waals surface area contributed by atoms with Gasteiger partial charge in [-0.05, 0) is 0 Å². The zero-order valence-corrected chi connectivity index (χ0v) is 7.95. The Kier molecular flexibility index (Phi) is 12.1. The zero-order chi connectivity index (χ0) is 10.7. The molecule has 5 heteroatoms. The number of esters is 1. The third-order valence-corrected chi connectivity index (χ3v) is 0.945. The number of carboxylic acids is 1. The molecule has 0 atom stereocenters. The van der Waals surface area contributed by atoms with E-state index in [1.54, 1.807) is 13.8 Å². The summed E-state index contributed by atoms with van der Waals surface area (Å²) in [5.41, 5.74) is 0. The molecule has 5 nitrogen and oxygen atoms in total. The first-order chi connectivity index (χ1) is 6.08. The number of carboxylic acid groups (broad SMARTS) is 1. The van der Waals surface area contributed by atoms with Crippen molar-refractivity contribution < 1.29 is 24.5 Å². The van der Waals surface area contributed by atoms with E-state index in [-0.39, 0.29) is 25.6 Å². The van der Waals surface area contributed by atoms with Gasteiger partial charge in [0.25, 0.3) is 0 Å². The standard InChI is InChI=1S/C5H10O3.C3H6O2/c1-2-5(7)8-4-3-6;1-2-3(4)5/h6H,2-4H2,1H3;2H2,1H3,(H,4,5). The van der Waals surface area contributed by atoms with Gasteiger partial charge in [0.15, 0.2) is 0 Å². The molecule has 0 saturated heterocycles. The number of aliphatic hydroxyl groups is 1. The van der Waals surface area contributed by atoms with Crippen LogP contribution in [-0.4, -0.2) is 35.4 Å². The van der Waals surface area contributed by atoms with Crippen LogP contribution in [0.5, 0.6) is 0 Å². The van der Waals surface area contributed by atoms with E-state index in [9.17, 15) is 9.59 Å². The van der Waals surface area contributed by atoms with Crippen molar-refractivity contribution in [3.8, 4) is 0 Å². The highest BCUT2D eigenvalue weighted by atomic mass is 16.5. The van der Waals surface area contributed by atoms with E-state index in [0.29, 0.717) is 6.42 Å². The van der Waals surface area contributed by atoms with Crippen LogP contribution in [0.1, 0.15) is 26.7 Å². The summed E-state index contributed by atoms with van der Waals surface area (Å²) in [6, 6.07) is 0. The fourth-order valence-electron chi connectivity index (χ4n) is 0.262. The average molecular weight is 192 g/mol. The van der Waals surface area contributed by atoms with Gasteiger partial charge in [-0.2, -0.15) is 0 Å². The molecule has 0 rings (SSSR count). The molecule has 0 aliphatic rings. The van der Waals surface area contributed by atoms with Gasteiger partial charge in [-0.3, -0.25) is 9.59 Å². The van der Waals surface area contributed by atoms with Crippen LogP contribution in [0.15, 0.2) is 0 Å². The molecular formula is C8H16O5. The Labute approximate surface area is 77.3 Å². The number of hydrogen-bond acceptors (Lipinski definition) is 4. The van der Waals surface area contributed by atoms with Crippen molar-refractivity contribution in [2.45, 2.75) is 26.7 Å². The molecular weight excluding hydrogens is 176 g/mol. The van der Waals surface area contributed by atoms with Crippen molar-refractivity contribution in [1.82, 2.24) is 0 Å². The first-order valence-electron chi connectivity index (χ1n) is 4.06. The van der Waals surface area contributed by atoms with Gasteiger partial charge in [-0.1, -0.05) is 13.8 Å². The van der Waals surface area contributed by atoms with Gasteiger partial charge in [-0.15, -0.1) is 0 Å². The van der Waals surface area contributed by atoms with Crippen molar-refractivity contribution in [3.05, 3.63) is 0 Å². The summed E-state index contributed by atoms with van der Waals surface area (Å²) >= 11 is 0. The Morgan fingerprint density at radius 2 is 1.69 bits per heavy atom. The third-order valence-electron chi connectivity index (χ3n) is 0.945. The largest absolute Gasteiger partial charge is 0.481 e. The van der Waals surface area contributed by atoms with Crippen molar-refractivity contribution in [3.63, 3.8) is 0 Å². The number of carbonyl (C=O) groups excluding carboxylic acids is 1. The first-order valence-corrected chi connectivity index (χ1v) is 4.06. The maximum Gasteiger partial charge on any atom is 0.305 e. The Bertz CT molecular complexity index is 143. The van der Waals surface area contributed by atoms with Crippen molar-refractivity contribution in [1.29, 1.82) is 0 Å². The smallest absolute Gasteiger partial charge is 0.305 e. The highest BCUT2D eigenvalue weighted by molar-refractivity contribution is 5.68. The molecule has 0 amide bonds. The van der Waals surface area contributed by atoms with Gasteiger partial charge in [0.1, 0.15) is 6.61 Å². The highest BCUT2D eigenvalue weighted by Gasteiger charge is 1.93. The second kappa shape index (κ2) is 10.9. The topological polar surface area (TPSA) is 83.8 Å². The molecule has 0 bridgehead atoms. The van der Waals surface area contributed by atoms with Crippen LogP contribution in [0.3, 0.4) is 0 Å². The number of aliphatic carboxylic acids is 1. The van der Waals surface area contributed by atoms with Crippen LogP contribution < -0.4 is 0 Å².